The molecule has 0 nitrogen and oxygen atoms in total. The molecule has 0 fully saturated rings. The van der Waals surface area contributed by atoms with Crippen LogP contribution >= 0.6 is 69.6 Å². The van der Waals surface area contributed by atoms with Crippen molar-refractivity contribution in [2.45, 2.75) is 15.1 Å². The van der Waals surface area contributed by atoms with Gasteiger partial charge in [-0.15, -0.1) is 34.8 Å². The lowest BCUT2D eigenvalue weighted by Gasteiger charge is -2.47. The first-order valence-corrected chi connectivity index (χ1v) is 5.65. The fraction of sp³-hybridized carbons (Fsp3) is 0.429. The molecule has 72 valence electrons. The van der Waals surface area contributed by atoms with Crippen molar-refractivity contribution in [3.8, 4) is 0 Å². The fourth-order valence-corrected chi connectivity index (χ4v) is 4.27. The van der Waals surface area contributed by atoms with Gasteiger partial charge in [0.15, 0.2) is 0 Å². The monoisotopic (exact) mass is 296 g/mol. The summed E-state index contributed by atoms with van der Waals surface area (Å²) >= 11 is 35.8. The lowest BCUT2D eigenvalue weighted by Crippen LogP contribution is -2.56. The van der Waals surface area contributed by atoms with Gasteiger partial charge in [-0.2, -0.15) is 0 Å². The summed E-state index contributed by atoms with van der Waals surface area (Å²) in [5, 5.41) is 0.334. The summed E-state index contributed by atoms with van der Waals surface area (Å²) in [6.07, 6.45) is 1.56. The normalized spacial score (nSPS) is 48.8. The topological polar surface area (TPSA) is 0 Å². The van der Waals surface area contributed by atoms with E-state index in [4.69, 9.17) is 69.6 Å². The first kappa shape index (κ1) is 10.7. The van der Waals surface area contributed by atoms with Crippen molar-refractivity contribution in [3.63, 3.8) is 0 Å². The Balaban J connectivity index is 2.62. The van der Waals surface area contributed by atoms with Crippen LogP contribution in [-0.4, -0.2) is 15.1 Å². The van der Waals surface area contributed by atoms with E-state index in [-0.39, 0.29) is 10.1 Å². The lowest BCUT2D eigenvalue weighted by atomic mass is 9.81. The molecule has 2 aliphatic carbocycles. The van der Waals surface area contributed by atoms with E-state index in [0.717, 1.165) is 0 Å². The molecule has 0 amide bonds. The number of rotatable bonds is 0. The van der Waals surface area contributed by atoms with Crippen molar-refractivity contribution in [1.82, 2.24) is 0 Å². The molecule has 0 bridgehead atoms. The number of halogens is 6. The molecule has 2 aliphatic rings. The number of fused-ring (bicyclic) bond motifs is 1. The summed E-state index contributed by atoms with van der Waals surface area (Å²) in [4.78, 5) is -2.20. The standard InChI is InChI=1S/C7H2Cl6/c8-2-1-3(9)7(13)5(11)4(10)6(2,7)12/h1-2H. The third kappa shape index (κ3) is 0.934. The maximum absolute atomic E-state index is 6.16. The summed E-state index contributed by atoms with van der Waals surface area (Å²) in [7, 11) is 0. The first-order chi connectivity index (χ1) is 5.86. The number of hydrogen-bond acceptors (Lipinski definition) is 0. The predicted octanol–water partition coefficient (Wildman–Crippen LogP) is 4.39. The highest BCUT2D eigenvalue weighted by Gasteiger charge is 2.71. The Morgan fingerprint density at radius 1 is 1.08 bits per heavy atom. The van der Waals surface area contributed by atoms with Gasteiger partial charge in [-0.05, 0) is 6.08 Å². The summed E-state index contributed by atoms with van der Waals surface area (Å²) in [5.74, 6) is 0. The van der Waals surface area contributed by atoms with Crippen LogP contribution < -0.4 is 0 Å². The molecule has 0 aromatic heterocycles. The molecule has 0 aromatic carbocycles. The van der Waals surface area contributed by atoms with Crippen molar-refractivity contribution in [1.29, 1.82) is 0 Å². The third-order valence-electron chi connectivity index (χ3n) is 2.32. The van der Waals surface area contributed by atoms with Crippen molar-refractivity contribution >= 4 is 69.6 Å². The van der Waals surface area contributed by atoms with Gasteiger partial charge < -0.3 is 0 Å². The van der Waals surface area contributed by atoms with E-state index < -0.39 is 15.1 Å². The molecule has 13 heavy (non-hydrogen) atoms. The van der Waals surface area contributed by atoms with E-state index in [1.807, 2.05) is 0 Å². The summed E-state index contributed by atoms with van der Waals surface area (Å²) in [6.45, 7) is 0. The van der Waals surface area contributed by atoms with E-state index in [9.17, 15) is 0 Å². The second-order valence-electron chi connectivity index (χ2n) is 2.91. The van der Waals surface area contributed by atoms with Crippen LogP contribution in [0.5, 0.6) is 0 Å². The van der Waals surface area contributed by atoms with Gasteiger partial charge >= 0.3 is 0 Å². The van der Waals surface area contributed by atoms with E-state index in [1.54, 1.807) is 6.08 Å². The Morgan fingerprint density at radius 2 is 1.62 bits per heavy atom. The molecule has 2 rings (SSSR count). The highest BCUT2D eigenvalue weighted by Crippen LogP contribution is 2.69. The maximum atomic E-state index is 6.16. The lowest BCUT2D eigenvalue weighted by molar-refractivity contribution is 0.590. The highest BCUT2D eigenvalue weighted by atomic mass is 35.5. The van der Waals surface area contributed by atoms with Crippen LogP contribution in [0.1, 0.15) is 0 Å². The minimum Gasteiger partial charge on any atom is -0.116 e. The zero-order valence-corrected chi connectivity index (χ0v) is 10.5. The first-order valence-electron chi connectivity index (χ1n) is 3.32. The van der Waals surface area contributed by atoms with Gasteiger partial charge in [-0.3, -0.25) is 0 Å². The number of allylic oxidation sites excluding steroid dienone is 4. The summed E-state index contributed by atoms with van der Waals surface area (Å²) in [6, 6.07) is 0. The minimum absolute atomic E-state index is 0.259. The van der Waals surface area contributed by atoms with Crippen molar-refractivity contribution in [2.24, 2.45) is 0 Å². The molecule has 0 aromatic rings. The summed E-state index contributed by atoms with van der Waals surface area (Å²) < 4.78 is 0. The Kier molecular flexibility index (Phi) is 2.37. The van der Waals surface area contributed by atoms with Crippen molar-refractivity contribution in [2.75, 3.05) is 0 Å². The van der Waals surface area contributed by atoms with Gasteiger partial charge in [-0.1, -0.05) is 34.8 Å². The van der Waals surface area contributed by atoms with E-state index in [2.05, 4.69) is 0 Å². The Hall–Kier alpha value is 1.22. The molecule has 0 aliphatic heterocycles. The van der Waals surface area contributed by atoms with Crippen LogP contribution in [0.25, 0.3) is 0 Å². The Bertz CT molecular complexity index is 345. The largest absolute Gasteiger partial charge is 0.142 e. The van der Waals surface area contributed by atoms with E-state index in [1.165, 1.54) is 0 Å². The molecular formula is C7H2Cl6. The molecular weight excluding hydrogens is 297 g/mol. The van der Waals surface area contributed by atoms with Crippen LogP contribution in [0.4, 0.5) is 0 Å². The molecule has 6 heteroatoms. The second-order valence-corrected chi connectivity index (χ2v) is 5.71. The smallest absolute Gasteiger partial charge is 0.116 e. The molecule has 0 radical (unpaired) electrons. The highest BCUT2D eigenvalue weighted by molar-refractivity contribution is 6.62. The summed E-state index contributed by atoms with van der Waals surface area (Å²) in [5.41, 5.74) is 0. The van der Waals surface area contributed by atoms with Gasteiger partial charge in [-0.25, -0.2) is 0 Å². The average molecular weight is 299 g/mol. The molecule has 0 heterocycles. The zero-order chi connectivity index (χ0) is 10.0. The molecule has 3 atom stereocenters. The average Bonchev–Trinajstić information content (AvgIpc) is 2.26. The maximum Gasteiger partial charge on any atom is 0.142 e. The molecule has 0 N–H and O–H groups in total. The van der Waals surface area contributed by atoms with Crippen LogP contribution in [0, 0.1) is 0 Å². The van der Waals surface area contributed by atoms with E-state index in [0.29, 0.717) is 5.03 Å². The number of alkyl halides is 3. The van der Waals surface area contributed by atoms with Gasteiger partial charge in [0.2, 0.25) is 0 Å². The Morgan fingerprint density at radius 3 is 2.08 bits per heavy atom. The second kappa shape index (κ2) is 2.87. The van der Waals surface area contributed by atoms with Crippen molar-refractivity contribution < 1.29 is 0 Å². The van der Waals surface area contributed by atoms with Crippen LogP contribution in [0.3, 0.4) is 0 Å². The van der Waals surface area contributed by atoms with Gasteiger partial charge in [0.1, 0.15) is 9.75 Å². The van der Waals surface area contributed by atoms with Gasteiger partial charge in [0.25, 0.3) is 0 Å². The van der Waals surface area contributed by atoms with Gasteiger partial charge in [0, 0.05) is 5.03 Å². The van der Waals surface area contributed by atoms with Crippen LogP contribution in [0.2, 0.25) is 0 Å². The predicted molar refractivity (Wildman–Crippen MR) is 59.5 cm³/mol. The molecule has 0 saturated heterocycles. The fourth-order valence-electron chi connectivity index (χ4n) is 1.51. The zero-order valence-electron chi connectivity index (χ0n) is 5.92. The third-order valence-corrected chi connectivity index (χ3v) is 6.13. The molecule has 0 saturated carbocycles. The Labute approximate surface area is 105 Å². The van der Waals surface area contributed by atoms with E-state index >= 15 is 0 Å². The van der Waals surface area contributed by atoms with Crippen LogP contribution in [0.15, 0.2) is 21.2 Å². The SMILES string of the molecule is ClC1=CC(Cl)C2(Cl)C(Cl)=C(Cl)C12Cl. The van der Waals surface area contributed by atoms with Crippen LogP contribution in [-0.2, 0) is 0 Å². The minimum atomic E-state index is -1.12. The van der Waals surface area contributed by atoms with Crippen molar-refractivity contribution in [3.05, 3.63) is 21.2 Å². The molecule has 3 unspecified atom stereocenters. The quantitative estimate of drug-likeness (QED) is 0.582. The van der Waals surface area contributed by atoms with Gasteiger partial charge in [0.05, 0.1) is 15.4 Å². The molecule has 0 spiro atoms. The number of hydrogen-bond donors (Lipinski definition) is 0.